The average molecular weight is 200 g/mol. The van der Waals surface area contributed by atoms with Gasteiger partial charge >= 0.3 is 14.8 Å². The smallest absolute Gasteiger partial charge is 0.480 e. The predicted octanol–water partition coefficient (Wildman–Crippen LogP) is -3.60. The van der Waals surface area contributed by atoms with Crippen molar-refractivity contribution in [3.05, 3.63) is 12.4 Å². The number of nitrogens with zero attached hydrogens (tertiary/aromatic N) is 2. The fourth-order valence-electron chi connectivity index (χ4n) is 0.585. The Kier molecular flexibility index (Phi) is 6.67. The third kappa shape index (κ3) is 4.77. The van der Waals surface area contributed by atoms with Crippen LogP contribution in [0, 0.1) is 0 Å². The van der Waals surface area contributed by atoms with Crippen LogP contribution in [-0.4, -0.2) is 52.0 Å². The van der Waals surface area contributed by atoms with E-state index < -0.39 is 14.8 Å². The van der Waals surface area contributed by atoms with Crippen molar-refractivity contribution in [2.75, 3.05) is 7.11 Å². The summed E-state index contributed by atoms with van der Waals surface area (Å²) in [5, 5.41) is 31.5. The second-order valence-electron chi connectivity index (χ2n) is 2.00. The predicted molar refractivity (Wildman–Crippen MR) is 50.0 cm³/mol. The Morgan fingerprint density at radius 1 is 1.36 bits per heavy atom. The van der Waals surface area contributed by atoms with Crippen LogP contribution in [-0.2, 0) is 0 Å². The molecule has 0 aromatic carbocycles. The van der Waals surface area contributed by atoms with Crippen molar-refractivity contribution in [3.63, 3.8) is 0 Å². The first kappa shape index (κ1) is 12.8. The lowest BCUT2D eigenvalue weighted by atomic mass is 9.87. The molecule has 1 aromatic rings. The Hall–Kier alpha value is -1.15. The van der Waals surface area contributed by atoms with E-state index in [-0.39, 0.29) is 11.5 Å². The van der Waals surface area contributed by atoms with Gasteiger partial charge in [-0.1, -0.05) is 0 Å². The van der Waals surface area contributed by atoms with Gasteiger partial charge in [0.05, 0.1) is 18.9 Å². The van der Waals surface area contributed by atoms with Crippen molar-refractivity contribution in [1.82, 2.24) is 9.97 Å². The third-order valence-electron chi connectivity index (χ3n) is 1.10. The molecule has 0 unspecified atom stereocenters. The van der Waals surface area contributed by atoms with Crippen LogP contribution in [0.15, 0.2) is 12.4 Å². The summed E-state index contributed by atoms with van der Waals surface area (Å²) in [5.74, 6) is 0.260. The van der Waals surface area contributed by atoms with E-state index in [4.69, 9.17) is 24.8 Å². The minimum Gasteiger partial charge on any atom is -0.480 e. The SMILES string of the molecule is COc1cncc(B(O)O)n1.OBO. The van der Waals surface area contributed by atoms with Crippen LogP contribution in [0.5, 0.6) is 5.88 Å². The lowest BCUT2D eigenvalue weighted by Crippen LogP contribution is -2.33. The largest absolute Gasteiger partial charge is 0.509 e. The highest BCUT2D eigenvalue weighted by Gasteiger charge is 2.13. The second-order valence-corrected chi connectivity index (χ2v) is 2.00. The number of ether oxygens (including phenoxy) is 1. The first-order valence-electron chi connectivity index (χ1n) is 3.59. The number of aromatic nitrogens is 2. The van der Waals surface area contributed by atoms with Gasteiger partial charge in [-0.25, -0.2) is 4.98 Å². The molecule has 0 radical (unpaired) electrons. The molecule has 0 spiro atoms. The van der Waals surface area contributed by atoms with Crippen LogP contribution in [0.2, 0.25) is 0 Å². The van der Waals surface area contributed by atoms with Gasteiger partial charge in [-0.2, -0.15) is 0 Å². The molecule has 0 amide bonds. The summed E-state index contributed by atoms with van der Waals surface area (Å²) >= 11 is 0. The van der Waals surface area contributed by atoms with E-state index in [1.807, 2.05) is 0 Å². The van der Waals surface area contributed by atoms with Gasteiger partial charge in [0, 0.05) is 6.20 Å². The van der Waals surface area contributed by atoms with E-state index in [0.717, 1.165) is 0 Å². The van der Waals surface area contributed by atoms with Gasteiger partial charge in [-0.3, -0.25) is 4.98 Å². The molecule has 14 heavy (non-hydrogen) atoms. The normalized spacial score (nSPS) is 8.36. The van der Waals surface area contributed by atoms with Crippen molar-refractivity contribution in [1.29, 1.82) is 0 Å². The average Bonchev–Trinajstić information content (AvgIpc) is 2.19. The zero-order chi connectivity index (χ0) is 11.0. The first-order valence-corrected chi connectivity index (χ1v) is 3.59. The van der Waals surface area contributed by atoms with E-state index in [1.165, 1.54) is 19.5 Å². The summed E-state index contributed by atoms with van der Waals surface area (Å²) in [6.07, 6.45) is 2.64. The summed E-state index contributed by atoms with van der Waals surface area (Å²) in [5.41, 5.74) is 0.0735. The Bertz CT molecular complexity index is 262. The Labute approximate surface area is 81.5 Å². The van der Waals surface area contributed by atoms with Crippen molar-refractivity contribution in [2.45, 2.75) is 0 Å². The van der Waals surface area contributed by atoms with E-state index in [1.54, 1.807) is 0 Å². The fourth-order valence-corrected chi connectivity index (χ4v) is 0.585. The molecule has 0 aliphatic rings. The molecule has 4 N–H and O–H groups in total. The second kappa shape index (κ2) is 7.27. The Balaban J connectivity index is 0.000000500. The topological polar surface area (TPSA) is 116 Å². The van der Waals surface area contributed by atoms with Crippen molar-refractivity contribution >= 4 is 20.4 Å². The molecule has 0 aliphatic heterocycles. The highest BCUT2D eigenvalue weighted by molar-refractivity contribution is 6.57. The van der Waals surface area contributed by atoms with Crippen molar-refractivity contribution in [3.8, 4) is 5.88 Å². The Morgan fingerprint density at radius 2 is 1.93 bits per heavy atom. The standard InChI is InChI=1S/C5H7BN2O3.BH3O2/c1-11-5-3-7-2-4(8-5)6(9)10;2-1-3/h2-3,9-10H,1H3;1-3H. The summed E-state index contributed by atoms with van der Waals surface area (Å²) in [6.45, 7) is 0. The molecule has 0 atom stereocenters. The number of hydrogen-bond acceptors (Lipinski definition) is 7. The monoisotopic (exact) mass is 200 g/mol. The molecule has 1 rings (SSSR count). The molecule has 76 valence electrons. The minimum atomic E-state index is -1.60. The van der Waals surface area contributed by atoms with Gasteiger partial charge in [0.15, 0.2) is 0 Å². The summed E-state index contributed by atoms with van der Waals surface area (Å²) < 4.78 is 4.71. The van der Waals surface area contributed by atoms with Crippen LogP contribution in [0.3, 0.4) is 0 Å². The minimum absolute atomic E-state index is 0.0735. The molecule has 0 aliphatic carbocycles. The van der Waals surface area contributed by atoms with E-state index in [9.17, 15) is 0 Å². The van der Waals surface area contributed by atoms with Crippen LogP contribution in [0.1, 0.15) is 0 Å². The van der Waals surface area contributed by atoms with Gasteiger partial charge in [-0.05, 0) is 0 Å². The summed E-state index contributed by atoms with van der Waals surface area (Å²) in [4.78, 5) is 7.38. The molecule has 1 aromatic heterocycles. The van der Waals surface area contributed by atoms with Crippen LogP contribution >= 0.6 is 0 Å². The molecular formula is C5H10B2N2O5. The molecule has 9 heteroatoms. The maximum absolute atomic E-state index is 8.64. The van der Waals surface area contributed by atoms with Crippen molar-refractivity contribution in [2.24, 2.45) is 0 Å². The number of rotatable bonds is 2. The zero-order valence-corrected chi connectivity index (χ0v) is 7.53. The Morgan fingerprint density at radius 3 is 2.36 bits per heavy atom. The lowest BCUT2D eigenvalue weighted by Gasteiger charge is -1.99. The van der Waals surface area contributed by atoms with Gasteiger partial charge in [0.25, 0.3) is 0 Å². The molecule has 1 heterocycles. The molecule has 0 saturated heterocycles. The van der Waals surface area contributed by atoms with Gasteiger partial charge in [0.1, 0.15) is 0 Å². The highest BCUT2D eigenvalue weighted by Crippen LogP contribution is 1.96. The van der Waals surface area contributed by atoms with E-state index in [0.29, 0.717) is 0 Å². The lowest BCUT2D eigenvalue weighted by molar-refractivity contribution is 0.392. The molecular weight excluding hydrogens is 190 g/mol. The summed E-state index contributed by atoms with van der Waals surface area (Å²) in [7, 11) is -0.921. The van der Waals surface area contributed by atoms with E-state index >= 15 is 0 Å². The van der Waals surface area contributed by atoms with Gasteiger partial charge in [0.2, 0.25) is 5.88 Å². The van der Waals surface area contributed by atoms with Crippen LogP contribution in [0.25, 0.3) is 0 Å². The number of methoxy groups -OCH3 is 1. The molecule has 0 bridgehead atoms. The quantitative estimate of drug-likeness (QED) is 0.364. The molecule has 7 nitrogen and oxygen atoms in total. The number of hydrogen-bond donors (Lipinski definition) is 4. The summed E-state index contributed by atoms with van der Waals surface area (Å²) in [6, 6.07) is 0. The van der Waals surface area contributed by atoms with E-state index in [2.05, 4.69) is 9.97 Å². The highest BCUT2D eigenvalue weighted by atomic mass is 16.5. The zero-order valence-electron chi connectivity index (χ0n) is 7.53. The van der Waals surface area contributed by atoms with Crippen molar-refractivity contribution < 1.29 is 24.8 Å². The van der Waals surface area contributed by atoms with Crippen LogP contribution < -0.4 is 10.3 Å². The van der Waals surface area contributed by atoms with Gasteiger partial charge < -0.3 is 24.8 Å². The fraction of sp³-hybridized carbons (Fsp3) is 0.200. The maximum atomic E-state index is 8.64. The van der Waals surface area contributed by atoms with Gasteiger partial charge in [-0.15, -0.1) is 0 Å². The maximum Gasteiger partial charge on any atom is 0.509 e. The van der Waals surface area contributed by atoms with Crippen LogP contribution in [0.4, 0.5) is 0 Å². The molecule has 0 fully saturated rings. The molecule has 0 saturated carbocycles. The first-order chi connectivity index (χ1) is 6.65. The third-order valence-corrected chi connectivity index (χ3v) is 1.10.